The van der Waals surface area contributed by atoms with Crippen molar-refractivity contribution in [3.8, 4) is 0 Å². The highest BCUT2D eigenvalue weighted by atomic mass is 35.5. The molecule has 0 atom stereocenters. The minimum Gasteiger partial charge on any atom is -0.378 e. The number of fused-ring (bicyclic) bond motifs is 1. The lowest BCUT2D eigenvalue weighted by atomic mass is 10.0. The Hall–Kier alpha value is -3.24. The van der Waals surface area contributed by atoms with E-state index in [1.165, 1.54) is 15.3 Å². The van der Waals surface area contributed by atoms with Gasteiger partial charge in [-0.05, 0) is 31.0 Å². The third kappa shape index (κ3) is 4.07. The summed E-state index contributed by atoms with van der Waals surface area (Å²) in [4.78, 5) is 50.8. The zero-order valence-electron chi connectivity index (χ0n) is 18.8. The topological polar surface area (TPSA) is 103 Å². The van der Waals surface area contributed by atoms with Gasteiger partial charge < -0.3 is 19.1 Å². The van der Waals surface area contributed by atoms with Gasteiger partial charge in [-0.15, -0.1) is 0 Å². The van der Waals surface area contributed by atoms with Gasteiger partial charge in [-0.2, -0.15) is 0 Å². The molecule has 10 nitrogen and oxygen atoms in total. The molecule has 2 aliphatic heterocycles. The third-order valence-electron chi connectivity index (χ3n) is 6.56. The van der Waals surface area contributed by atoms with Crippen molar-refractivity contribution in [2.45, 2.75) is 18.9 Å². The Morgan fingerprint density at radius 3 is 2.44 bits per heavy atom. The molecule has 0 saturated carbocycles. The van der Waals surface area contributed by atoms with E-state index in [9.17, 15) is 14.4 Å². The second kappa shape index (κ2) is 9.19. The third-order valence-corrected chi connectivity index (χ3v) is 6.76. The largest absolute Gasteiger partial charge is 0.378 e. The van der Waals surface area contributed by atoms with Crippen LogP contribution < -0.4 is 16.0 Å². The van der Waals surface area contributed by atoms with Crippen LogP contribution in [0.1, 0.15) is 29.2 Å². The predicted octanol–water partition coefficient (Wildman–Crippen LogP) is 1.46. The van der Waals surface area contributed by atoms with E-state index >= 15 is 0 Å². The molecule has 2 aliphatic rings. The molecule has 5 rings (SSSR count). The fourth-order valence-electron chi connectivity index (χ4n) is 4.65. The molecule has 0 bridgehead atoms. The van der Waals surface area contributed by atoms with Crippen LogP contribution >= 0.6 is 11.6 Å². The molecule has 0 unspecified atom stereocenters. The number of amides is 1. The molecule has 0 radical (unpaired) electrons. The van der Waals surface area contributed by atoms with Crippen LogP contribution in [0.3, 0.4) is 0 Å². The molecule has 0 N–H and O–H groups in total. The van der Waals surface area contributed by atoms with E-state index in [-0.39, 0.29) is 11.9 Å². The predicted molar refractivity (Wildman–Crippen MR) is 128 cm³/mol. The molecule has 34 heavy (non-hydrogen) atoms. The number of piperidine rings is 1. The first-order valence-corrected chi connectivity index (χ1v) is 11.7. The number of rotatable bonds is 3. The van der Waals surface area contributed by atoms with Crippen molar-refractivity contribution in [3.05, 3.63) is 61.9 Å². The van der Waals surface area contributed by atoms with Gasteiger partial charge in [0, 0.05) is 51.7 Å². The van der Waals surface area contributed by atoms with Crippen molar-refractivity contribution in [1.82, 2.24) is 24.0 Å². The maximum Gasteiger partial charge on any atom is 0.318 e. The fraction of sp³-hybridized carbons (Fsp3) is 0.435. The van der Waals surface area contributed by atoms with E-state index in [2.05, 4.69) is 14.9 Å². The van der Waals surface area contributed by atoms with Gasteiger partial charge in [0.1, 0.15) is 5.82 Å². The minimum absolute atomic E-state index is 0.0365. The Morgan fingerprint density at radius 1 is 1.03 bits per heavy atom. The van der Waals surface area contributed by atoms with E-state index in [1.54, 1.807) is 30.3 Å². The fourth-order valence-corrected chi connectivity index (χ4v) is 4.80. The van der Waals surface area contributed by atoms with Crippen molar-refractivity contribution in [3.63, 3.8) is 0 Å². The van der Waals surface area contributed by atoms with Crippen molar-refractivity contribution in [1.29, 1.82) is 0 Å². The summed E-state index contributed by atoms with van der Waals surface area (Å²) < 4.78 is 8.12. The summed E-state index contributed by atoms with van der Waals surface area (Å²) in [6.07, 6.45) is 4.42. The van der Waals surface area contributed by atoms with E-state index in [0.29, 0.717) is 74.0 Å². The average molecular weight is 485 g/mol. The molecule has 11 heteroatoms. The van der Waals surface area contributed by atoms with Crippen LogP contribution in [0.2, 0.25) is 5.02 Å². The van der Waals surface area contributed by atoms with Crippen molar-refractivity contribution in [2.24, 2.45) is 7.05 Å². The highest BCUT2D eigenvalue weighted by molar-refractivity contribution is 6.31. The molecule has 3 aromatic rings. The number of ether oxygens (including phenoxy) is 1. The summed E-state index contributed by atoms with van der Waals surface area (Å²) in [5, 5.41) is 0.407. The minimum atomic E-state index is -0.596. The summed E-state index contributed by atoms with van der Waals surface area (Å²) in [5.74, 6) is 0.744. The van der Waals surface area contributed by atoms with Gasteiger partial charge in [0.15, 0.2) is 5.65 Å². The lowest BCUT2D eigenvalue weighted by Gasteiger charge is -2.34. The monoisotopic (exact) mass is 484 g/mol. The molecule has 0 spiro atoms. The Balaban J connectivity index is 1.33. The Bertz CT molecular complexity index is 1340. The number of hydrogen-bond acceptors (Lipinski definition) is 7. The number of carbonyl (C=O) groups is 1. The van der Waals surface area contributed by atoms with E-state index in [1.807, 2.05) is 6.07 Å². The van der Waals surface area contributed by atoms with E-state index in [0.717, 1.165) is 5.82 Å². The van der Waals surface area contributed by atoms with Gasteiger partial charge in [-0.3, -0.25) is 19.0 Å². The first-order chi connectivity index (χ1) is 16.4. The smallest absolute Gasteiger partial charge is 0.318 e. The van der Waals surface area contributed by atoms with Crippen molar-refractivity contribution < 1.29 is 9.53 Å². The lowest BCUT2D eigenvalue weighted by molar-refractivity contribution is 0.0302. The van der Waals surface area contributed by atoms with Crippen LogP contribution in [0.4, 0.5) is 5.82 Å². The van der Waals surface area contributed by atoms with Crippen molar-refractivity contribution >= 4 is 34.5 Å². The summed E-state index contributed by atoms with van der Waals surface area (Å²) in [6, 6.07) is 5.16. The second-order valence-electron chi connectivity index (χ2n) is 8.56. The molecule has 2 fully saturated rings. The number of morpholine rings is 1. The Morgan fingerprint density at radius 2 is 1.76 bits per heavy atom. The number of nitrogens with zero attached hydrogens (tertiary/aromatic N) is 6. The number of aromatic nitrogens is 4. The standard InChI is InChI=1S/C23H25ClN6O4/c1-27-18-12-16(24)14-26-20(18)30(23(33)22(27)32)17-4-6-28(7-5-17)19-3-2-15(13-25-19)21(31)29-8-10-34-11-9-29/h2-3,12-14,17H,4-11H2,1H3. The van der Waals surface area contributed by atoms with Crippen LogP contribution in [-0.2, 0) is 11.8 Å². The van der Waals surface area contributed by atoms with Crippen LogP contribution in [0.5, 0.6) is 0 Å². The summed E-state index contributed by atoms with van der Waals surface area (Å²) >= 11 is 6.07. The van der Waals surface area contributed by atoms with E-state index in [4.69, 9.17) is 16.3 Å². The number of pyridine rings is 2. The van der Waals surface area contributed by atoms with Gasteiger partial charge in [0.05, 0.1) is 29.3 Å². The first kappa shape index (κ1) is 22.5. The lowest BCUT2D eigenvalue weighted by Crippen LogP contribution is -2.45. The quantitative estimate of drug-likeness (QED) is 0.518. The highest BCUT2D eigenvalue weighted by Crippen LogP contribution is 2.27. The average Bonchev–Trinajstić information content (AvgIpc) is 2.88. The van der Waals surface area contributed by atoms with Crippen LogP contribution in [0.15, 0.2) is 40.2 Å². The number of hydrogen-bond donors (Lipinski definition) is 0. The zero-order valence-corrected chi connectivity index (χ0v) is 19.6. The molecule has 2 saturated heterocycles. The molecule has 3 aromatic heterocycles. The molecule has 0 aromatic carbocycles. The van der Waals surface area contributed by atoms with E-state index < -0.39 is 11.1 Å². The Labute approximate surface area is 200 Å². The maximum atomic E-state index is 12.9. The summed E-state index contributed by atoms with van der Waals surface area (Å²) in [6.45, 7) is 3.61. The molecule has 1 amide bonds. The first-order valence-electron chi connectivity index (χ1n) is 11.3. The van der Waals surface area contributed by atoms with Crippen LogP contribution in [0.25, 0.3) is 11.2 Å². The van der Waals surface area contributed by atoms with Gasteiger partial charge in [0.2, 0.25) is 0 Å². The number of anilines is 1. The van der Waals surface area contributed by atoms with Gasteiger partial charge in [0.25, 0.3) is 5.91 Å². The number of halogens is 1. The zero-order chi connectivity index (χ0) is 23.8. The summed E-state index contributed by atoms with van der Waals surface area (Å²) in [5.41, 5.74) is 0.373. The Kier molecular flexibility index (Phi) is 6.09. The van der Waals surface area contributed by atoms with Gasteiger partial charge >= 0.3 is 11.1 Å². The molecule has 178 valence electrons. The highest BCUT2D eigenvalue weighted by Gasteiger charge is 2.26. The normalized spacial score (nSPS) is 17.4. The number of carbonyl (C=O) groups excluding carboxylic acids is 1. The van der Waals surface area contributed by atoms with Crippen LogP contribution in [-0.4, -0.2) is 69.3 Å². The molecule has 0 aliphatic carbocycles. The van der Waals surface area contributed by atoms with Crippen molar-refractivity contribution in [2.75, 3.05) is 44.3 Å². The molecular weight excluding hydrogens is 460 g/mol. The van der Waals surface area contributed by atoms with Gasteiger partial charge in [-0.25, -0.2) is 9.97 Å². The van der Waals surface area contributed by atoms with Gasteiger partial charge in [-0.1, -0.05) is 11.6 Å². The molecule has 5 heterocycles. The summed E-state index contributed by atoms with van der Waals surface area (Å²) in [7, 11) is 1.55. The molecular formula is C23H25ClN6O4. The second-order valence-corrected chi connectivity index (χ2v) is 9.00. The van der Waals surface area contributed by atoms with Crippen LogP contribution in [0, 0.1) is 0 Å². The number of aryl methyl sites for hydroxylation is 1. The maximum absolute atomic E-state index is 12.9. The SMILES string of the molecule is Cn1c(=O)c(=O)n(C2CCN(c3ccc(C(=O)N4CCOCC4)cn3)CC2)c2ncc(Cl)cc21.